The number of hydrogen-bond acceptors (Lipinski definition) is 7. The molecule has 0 saturated carbocycles. The standard InChI is InChI=1S/C17H22O7/c1-3-14(18)21-8-9-22-16(20)17(2)7-5-4-6-13(17)15(19)24-11-12-10-23-12/h3-5,12-13H,1,6-11H2,2H3. The number of allylic oxidation sites excluding steroid dienone is 2. The van der Waals surface area contributed by atoms with E-state index in [-0.39, 0.29) is 25.9 Å². The van der Waals surface area contributed by atoms with E-state index in [1.54, 1.807) is 6.92 Å². The number of carbonyl (C=O) groups is 3. The molecule has 1 saturated heterocycles. The van der Waals surface area contributed by atoms with Crippen molar-refractivity contribution in [1.82, 2.24) is 0 Å². The second kappa shape index (κ2) is 8.10. The first-order valence-corrected chi connectivity index (χ1v) is 7.87. The van der Waals surface area contributed by atoms with Crippen molar-refractivity contribution in [3.05, 3.63) is 24.8 Å². The summed E-state index contributed by atoms with van der Waals surface area (Å²) in [7, 11) is 0. The minimum atomic E-state index is -1.00. The minimum absolute atomic E-state index is 0.0224. The third-order valence-corrected chi connectivity index (χ3v) is 4.14. The van der Waals surface area contributed by atoms with E-state index in [0.29, 0.717) is 19.4 Å². The lowest BCUT2D eigenvalue weighted by molar-refractivity contribution is -0.170. The number of hydrogen-bond donors (Lipinski definition) is 0. The molecule has 0 bridgehead atoms. The highest BCUT2D eigenvalue weighted by Gasteiger charge is 2.47. The predicted molar refractivity (Wildman–Crippen MR) is 82.8 cm³/mol. The van der Waals surface area contributed by atoms with Gasteiger partial charge in [0.2, 0.25) is 0 Å². The summed E-state index contributed by atoms with van der Waals surface area (Å²) in [6.07, 6.45) is 5.53. The molecule has 1 aliphatic heterocycles. The molecule has 0 aromatic heterocycles. The van der Waals surface area contributed by atoms with Gasteiger partial charge in [-0.05, 0) is 19.8 Å². The monoisotopic (exact) mass is 338 g/mol. The maximum atomic E-state index is 12.5. The van der Waals surface area contributed by atoms with Gasteiger partial charge in [-0.2, -0.15) is 0 Å². The summed E-state index contributed by atoms with van der Waals surface area (Å²) in [5.74, 6) is -2.12. The van der Waals surface area contributed by atoms with Crippen molar-refractivity contribution in [2.45, 2.75) is 25.9 Å². The Morgan fingerprint density at radius 1 is 1.25 bits per heavy atom. The molecule has 132 valence electrons. The number of epoxide rings is 1. The Hall–Kier alpha value is -2.15. The number of ether oxygens (including phenoxy) is 4. The van der Waals surface area contributed by atoms with Crippen molar-refractivity contribution >= 4 is 17.9 Å². The molecule has 0 aromatic rings. The zero-order chi connectivity index (χ0) is 17.6. The molecule has 3 unspecified atom stereocenters. The average molecular weight is 338 g/mol. The smallest absolute Gasteiger partial charge is 0.330 e. The van der Waals surface area contributed by atoms with Crippen LogP contribution in [0.5, 0.6) is 0 Å². The molecule has 2 aliphatic rings. The van der Waals surface area contributed by atoms with Gasteiger partial charge in [0.1, 0.15) is 25.9 Å². The van der Waals surface area contributed by atoms with E-state index in [2.05, 4.69) is 6.58 Å². The predicted octanol–water partition coefficient (Wildman–Crippen LogP) is 1.17. The Labute approximate surface area is 140 Å². The van der Waals surface area contributed by atoms with E-state index < -0.39 is 29.2 Å². The van der Waals surface area contributed by atoms with Gasteiger partial charge in [0.05, 0.1) is 17.9 Å². The molecule has 0 spiro atoms. The Kier molecular flexibility index (Phi) is 6.14. The van der Waals surface area contributed by atoms with E-state index in [1.807, 2.05) is 12.2 Å². The Bertz CT molecular complexity index is 535. The van der Waals surface area contributed by atoms with Crippen LogP contribution < -0.4 is 0 Å². The van der Waals surface area contributed by atoms with Crippen LogP contribution in [0.2, 0.25) is 0 Å². The Balaban J connectivity index is 1.88. The number of rotatable bonds is 8. The van der Waals surface area contributed by atoms with Gasteiger partial charge in [-0.15, -0.1) is 0 Å². The molecule has 24 heavy (non-hydrogen) atoms. The zero-order valence-electron chi connectivity index (χ0n) is 13.7. The van der Waals surface area contributed by atoms with E-state index in [4.69, 9.17) is 18.9 Å². The van der Waals surface area contributed by atoms with Gasteiger partial charge in [0, 0.05) is 6.08 Å². The highest BCUT2D eigenvalue weighted by atomic mass is 16.6. The highest BCUT2D eigenvalue weighted by Crippen LogP contribution is 2.40. The van der Waals surface area contributed by atoms with Crippen molar-refractivity contribution in [1.29, 1.82) is 0 Å². The van der Waals surface area contributed by atoms with E-state index >= 15 is 0 Å². The lowest BCUT2D eigenvalue weighted by Gasteiger charge is -2.35. The van der Waals surface area contributed by atoms with Crippen LogP contribution in [-0.2, 0) is 33.3 Å². The van der Waals surface area contributed by atoms with Gasteiger partial charge >= 0.3 is 17.9 Å². The Morgan fingerprint density at radius 3 is 2.62 bits per heavy atom. The maximum Gasteiger partial charge on any atom is 0.330 e. The van der Waals surface area contributed by atoms with Gasteiger partial charge < -0.3 is 18.9 Å². The second-order valence-electron chi connectivity index (χ2n) is 5.97. The van der Waals surface area contributed by atoms with Crippen molar-refractivity contribution in [3.8, 4) is 0 Å². The molecule has 0 radical (unpaired) electrons. The van der Waals surface area contributed by atoms with Crippen molar-refractivity contribution in [2.75, 3.05) is 26.4 Å². The van der Waals surface area contributed by atoms with E-state index in [0.717, 1.165) is 6.08 Å². The highest BCUT2D eigenvalue weighted by molar-refractivity contribution is 5.86. The molecule has 2 rings (SSSR count). The molecule has 0 aromatic carbocycles. The quantitative estimate of drug-likeness (QED) is 0.164. The van der Waals surface area contributed by atoms with Gasteiger partial charge in [0.15, 0.2) is 0 Å². The van der Waals surface area contributed by atoms with E-state index in [9.17, 15) is 14.4 Å². The van der Waals surface area contributed by atoms with Crippen molar-refractivity contribution in [2.24, 2.45) is 11.3 Å². The van der Waals surface area contributed by atoms with Crippen LogP contribution in [0.3, 0.4) is 0 Å². The summed E-state index contributed by atoms with van der Waals surface area (Å²) in [6.45, 7) is 5.64. The van der Waals surface area contributed by atoms with Crippen LogP contribution in [0.1, 0.15) is 19.8 Å². The van der Waals surface area contributed by atoms with Crippen molar-refractivity contribution in [3.63, 3.8) is 0 Å². The molecule has 0 amide bonds. The van der Waals surface area contributed by atoms with Gasteiger partial charge in [-0.25, -0.2) is 4.79 Å². The fourth-order valence-corrected chi connectivity index (χ4v) is 2.49. The van der Waals surface area contributed by atoms with Gasteiger partial charge in [-0.1, -0.05) is 18.7 Å². The normalized spacial score (nSPS) is 27.9. The minimum Gasteiger partial charge on any atom is -0.463 e. The first-order valence-electron chi connectivity index (χ1n) is 7.87. The number of esters is 3. The summed E-state index contributed by atoms with van der Waals surface area (Å²) in [4.78, 5) is 35.7. The van der Waals surface area contributed by atoms with Crippen molar-refractivity contribution < 1.29 is 33.3 Å². The molecule has 0 N–H and O–H groups in total. The lowest BCUT2D eigenvalue weighted by Crippen LogP contribution is -2.43. The first kappa shape index (κ1) is 18.2. The van der Waals surface area contributed by atoms with Crippen LogP contribution in [0.15, 0.2) is 24.8 Å². The van der Waals surface area contributed by atoms with Crippen LogP contribution in [0.4, 0.5) is 0 Å². The Morgan fingerprint density at radius 2 is 1.96 bits per heavy atom. The summed E-state index contributed by atoms with van der Waals surface area (Å²) in [6, 6.07) is 0. The third-order valence-electron chi connectivity index (χ3n) is 4.14. The zero-order valence-corrected chi connectivity index (χ0v) is 13.7. The molecule has 1 heterocycles. The fraction of sp³-hybridized carbons (Fsp3) is 0.588. The van der Waals surface area contributed by atoms with Crippen LogP contribution in [0.25, 0.3) is 0 Å². The average Bonchev–Trinajstić information content (AvgIpc) is 3.40. The fourth-order valence-electron chi connectivity index (χ4n) is 2.49. The maximum absolute atomic E-state index is 12.5. The lowest BCUT2D eigenvalue weighted by atomic mass is 9.70. The second-order valence-corrected chi connectivity index (χ2v) is 5.97. The third kappa shape index (κ3) is 4.67. The van der Waals surface area contributed by atoms with Gasteiger partial charge in [0.25, 0.3) is 0 Å². The number of carbonyl (C=O) groups excluding carboxylic acids is 3. The van der Waals surface area contributed by atoms with Crippen LogP contribution in [-0.4, -0.2) is 50.4 Å². The topological polar surface area (TPSA) is 91.4 Å². The summed E-state index contributed by atoms with van der Waals surface area (Å²) >= 11 is 0. The van der Waals surface area contributed by atoms with Crippen LogP contribution in [0, 0.1) is 11.3 Å². The van der Waals surface area contributed by atoms with E-state index in [1.165, 1.54) is 0 Å². The largest absolute Gasteiger partial charge is 0.463 e. The summed E-state index contributed by atoms with van der Waals surface area (Å²) in [5.41, 5.74) is -1.00. The molecule has 7 heteroatoms. The van der Waals surface area contributed by atoms with Crippen LogP contribution >= 0.6 is 0 Å². The van der Waals surface area contributed by atoms with Gasteiger partial charge in [-0.3, -0.25) is 9.59 Å². The summed E-state index contributed by atoms with van der Waals surface area (Å²) < 4.78 is 20.2. The molecule has 1 aliphatic carbocycles. The molecule has 7 nitrogen and oxygen atoms in total. The molecular weight excluding hydrogens is 316 g/mol. The molecular formula is C17H22O7. The summed E-state index contributed by atoms with van der Waals surface area (Å²) in [5, 5.41) is 0. The molecule has 3 atom stereocenters. The first-order chi connectivity index (χ1) is 11.5. The SMILES string of the molecule is C=CC(=O)OCCOC(=O)C1(C)CC=CCC1C(=O)OCC1CO1. The molecule has 1 fully saturated rings.